The molecule has 2 nitrogen and oxygen atoms in total. The minimum absolute atomic E-state index is 1.08. The maximum absolute atomic E-state index is 5.24. The summed E-state index contributed by atoms with van der Waals surface area (Å²) in [6.07, 6.45) is 1.14. The fourth-order valence-corrected chi connectivity index (χ4v) is 2.22. The molecule has 0 aliphatic carbocycles. The third-order valence-electron chi connectivity index (χ3n) is 1.57. The second kappa shape index (κ2) is 4.03. The fourth-order valence-electron chi connectivity index (χ4n) is 0.742. The van der Waals surface area contributed by atoms with E-state index in [0.717, 1.165) is 12.5 Å². The molecule has 0 atom stereocenters. The molecule has 0 fully saturated rings. The smallest absolute Gasteiger partial charge is 0.334 e. The SMILES string of the molecule is CCC[Si](C)(OC)OC. The van der Waals surface area contributed by atoms with Crippen LogP contribution in [-0.2, 0) is 8.85 Å². The molecule has 0 aliphatic rings. The third kappa shape index (κ3) is 2.98. The highest BCUT2D eigenvalue weighted by molar-refractivity contribution is 6.65. The highest BCUT2D eigenvalue weighted by Gasteiger charge is 2.26. The zero-order valence-electron chi connectivity index (χ0n) is 6.73. The highest BCUT2D eigenvalue weighted by Crippen LogP contribution is 2.12. The summed E-state index contributed by atoms with van der Waals surface area (Å²) in [6, 6.07) is 1.08. The van der Waals surface area contributed by atoms with E-state index in [0.29, 0.717) is 0 Å². The molecule has 0 saturated heterocycles. The van der Waals surface area contributed by atoms with Gasteiger partial charge in [0, 0.05) is 14.2 Å². The Morgan fingerprint density at radius 2 is 1.67 bits per heavy atom. The van der Waals surface area contributed by atoms with Crippen LogP contribution in [0.3, 0.4) is 0 Å². The average molecular weight is 148 g/mol. The van der Waals surface area contributed by atoms with E-state index < -0.39 is 8.56 Å². The van der Waals surface area contributed by atoms with Crippen LogP contribution in [0.15, 0.2) is 0 Å². The van der Waals surface area contributed by atoms with Gasteiger partial charge in [-0.2, -0.15) is 0 Å². The fraction of sp³-hybridized carbons (Fsp3) is 1.00. The van der Waals surface area contributed by atoms with E-state index in [1.54, 1.807) is 14.2 Å². The first kappa shape index (κ1) is 9.14. The quantitative estimate of drug-likeness (QED) is 0.566. The summed E-state index contributed by atoms with van der Waals surface area (Å²) in [5.74, 6) is 0. The van der Waals surface area contributed by atoms with Crippen molar-refractivity contribution in [1.29, 1.82) is 0 Å². The largest absolute Gasteiger partial charge is 0.398 e. The van der Waals surface area contributed by atoms with E-state index in [9.17, 15) is 0 Å². The number of hydrogen-bond acceptors (Lipinski definition) is 2. The van der Waals surface area contributed by atoms with Gasteiger partial charge in [0.25, 0.3) is 0 Å². The highest BCUT2D eigenvalue weighted by atomic mass is 28.4. The predicted molar refractivity (Wildman–Crippen MR) is 40.7 cm³/mol. The van der Waals surface area contributed by atoms with Gasteiger partial charge in [0.1, 0.15) is 0 Å². The van der Waals surface area contributed by atoms with E-state index in [-0.39, 0.29) is 0 Å². The lowest BCUT2D eigenvalue weighted by Crippen LogP contribution is -2.35. The van der Waals surface area contributed by atoms with Gasteiger partial charge in [0.2, 0.25) is 0 Å². The van der Waals surface area contributed by atoms with Crippen LogP contribution < -0.4 is 0 Å². The molecule has 0 aliphatic heterocycles. The van der Waals surface area contributed by atoms with Crippen molar-refractivity contribution in [3.63, 3.8) is 0 Å². The first-order chi connectivity index (χ1) is 4.18. The Kier molecular flexibility index (Phi) is 4.09. The van der Waals surface area contributed by atoms with Gasteiger partial charge in [-0.05, 0) is 12.6 Å². The molecule has 0 spiro atoms. The molecule has 0 amide bonds. The molecule has 9 heavy (non-hydrogen) atoms. The maximum Gasteiger partial charge on any atom is 0.334 e. The van der Waals surface area contributed by atoms with Crippen molar-refractivity contribution in [1.82, 2.24) is 0 Å². The van der Waals surface area contributed by atoms with Gasteiger partial charge in [0.15, 0.2) is 0 Å². The monoisotopic (exact) mass is 148 g/mol. The topological polar surface area (TPSA) is 18.5 Å². The second-order valence-corrected chi connectivity index (χ2v) is 5.88. The van der Waals surface area contributed by atoms with Crippen molar-refractivity contribution in [2.75, 3.05) is 14.2 Å². The van der Waals surface area contributed by atoms with E-state index in [1.165, 1.54) is 0 Å². The summed E-state index contributed by atoms with van der Waals surface area (Å²) < 4.78 is 10.5. The Hall–Kier alpha value is 0.137. The van der Waals surface area contributed by atoms with Crippen LogP contribution in [0.25, 0.3) is 0 Å². The zero-order chi connectivity index (χ0) is 7.33. The number of rotatable bonds is 4. The molecule has 0 N–H and O–H groups in total. The Bertz CT molecular complexity index is 71.5. The summed E-state index contributed by atoms with van der Waals surface area (Å²) in [5, 5.41) is 0. The Labute approximate surface area is 58.4 Å². The van der Waals surface area contributed by atoms with Gasteiger partial charge >= 0.3 is 8.56 Å². The number of hydrogen-bond donors (Lipinski definition) is 0. The van der Waals surface area contributed by atoms with E-state index in [2.05, 4.69) is 13.5 Å². The average Bonchev–Trinajstić information content (AvgIpc) is 1.89. The standard InChI is InChI=1S/C6H16O2Si/c1-5-6-9(4,7-2)8-3/h5-6H2,1-4H3. The zero-order valence-corrected chi connectivity index (χ0v) is 7.73. The molecular formula is C6H16O2Si. The summed E-state index contributed by atoms with van der Waals surface area (Å²) in [4.78, 5) is 0. The minimum Gasteiger partial charge on any atom is -0.398 e. The molecule has 56 valence electrons. The lowest BCUT2D eigenvalue weighted by Gasteiger charge is -2.21. The molecule has 0 aromatic rings. The molecule has 0 saturated carbocycles. The molecular weight excluding hydrogens is 132 g/mol. The van der Waals surface area contributed by atoms with Crippen LogP contribution in [0.5, 0.6) is 0 Å². The Balaban J connectivity index is 3.62. The summed E-state index contributed by atoms with van der Waals surface area (Å²) in [5.41, 5.74) is 0. The van der Waals surface area contributed by atoms with Gasteiger partial charge in [-0.15, -0.1) is 0 Å². The first-order valence-electron chi connectivity index (χ1n) is 3.29. The molecule has 0 aromatic carbocycles. The molecule has 0 bridgehead atoms. The van der Waals surface area contributed by atoms with E-state index in [4.69, 9.17) is 8.85 Å². The van der Waals surface area contributed by atoms with Crippen molar-refractivity contribution in [2.24, 2.45) is 0 Å². The van der Waals surface area contributed by atoms with Crippen molar-refractivity contribution in [3.05, 3.63) is 0 Å². The Morgan fingerprint density at radius 1 is 1.22 bits per heavy atom. The first-order valence-corrected chi connectivity index (χ1v) is 5.81. The minimum atomic E-state index is -1.70. The van der Waals surface area contributed by atoms with Crippen LogP contribution >= 0.6 is 0 Å². The van der Waals surface area contributed by atoms with Crippen molar-refractivity contribution in [2.45, 2.75) is 25.9 Å². The van der Waals surface area contributed by atoms with Gasteiger partial charge in [-0.25, -0.2) is 0 Å². The van der Waals surface area contributed by atoms with Crippen molar-refractivity contribution in [3.8, 4) is 0 Å². The van der Waals surface area contributed by atoms with Crippen LogP contribution in [0.4, 0.5) is 0 Å². The maximum atomic E-state index is 5.24. The third-order valence-corrected chi connectivity index (χ3v) is 4.70. The molecule has 0 heterocycles. The van der Waals surface area contributed by atoms with Crippen LogP contribution in [0.1, 0.15) is 13.3 Å². The predicted octanol–water partition coefficient (Wildman–Crippen LogP) is 1.76. The summed E-state index contributed by atoms with van der Waals surface area (Å²) in [6.45, 7) is 4.22. The molecule has 0 unspecified atom stereocenters. The van der Waals surface area contributed by atoms with Crippen molar-refractivity contribution < 1.29 is 8.85 Å². The molecule has 0 aromatic heterocycles. The van der Waals surface area contributed by atoms with Gasteiger partial charge in [-0.3, -0.25) is 0 Å². The van der Waals surface area contributed by atoms with Crippen LogP contribution in [-0.4, -0.2) is 22.8 Å². The molecule has 0 rings (SSSR count). The molecule has 3 heteroatoms. The van der Waals surface area contributed by atoms with E-state index >= 15 is 0 Å². The normalized spacial score (nSPS) is 12.0. The van der Waals surface area contributed by atoms with Crippen molar-refractivity contribution >= 4 is 8.56 Å². The lowest BCUT2D eigenvalue weighted by molar-refractivity contribution is 0.249. The van der Waals surface area contributed by atoms with Gasteiger partial charge in [0.05, 0.1) is 0 Å². The Morgan fingerprint density at radius 3 is 1.78 bits per heavy atom. The second-order valence-electron chi connectivity index (χ2n) is 2.29. The van der Waals surface area contributed by atoms with E-state index in [1.807, 2.05) is 0 Å². The van der Waals surface area contributed by atoms with Gasteiger partial charge < -0.3 is 8.85 Å². The molecule has 0 radical (unpaired) electrons. The summed E-state index contributed by atoms with van der Waals surface area (Å²) >= 11 is 0. The van der Waals surface area contributed by atoms with Crippen LogP contribution in [0.2, 0.25) is 12.6 Å². The van der Waals surface area contributed by atoms with Crippen LogP contribution in [0, 0.1) is 0 Å². The van der Waals surface area contributed by atoms with Gasteiger partial charge in [-0.1, -0.05) is 13.3 Å². The lowest BCUT2D eigenvalue weighted by atomic mass is 10.6. The summed E-state index contributed by atoms with van der Waals surface area (Å²) in [7, 11) is 1.76.